The fourth-order valence-electron chi connectivity index (χ4n) is 1.95. The zero-order valence-corrected chi connectivity index (χ0v) is 10.4. The highest BCUT2D eigenvalue weighted by Gasteiger charge is 2.29. The first-order chi connectivity index (χ1) is 8.78. The van der Waals surface area contributed by atoms with E-state index >= 15 is 0 Å². The van der Waals surface area contributed by atoms with Gasteiger partial charge in [-0.2, -0.15) is 5.10 Å². The molecule has 1 unspecified atom stereocenters. The zero-order chi connectivity index (χ0) is 12.5. The molecule has 0 bridgehead atoms. The van der Waals surface area contributed by atoms with Gasteiger partial charge in [0, 0.05) is 16.1 Å². The van der Waals surface area contributed by atoms with Crippen LogP contribution in [0.25, 0.3) is 0 Å². The molecule has 18 heavy (non-hydrogen) atoms. The number of carbonyl (C=O) groups is 1. The van der Waals surface area contributed by atoms with Gasteiger partial charge in [-0.05, 0) is 19.2 Å². The molecular weight excluding hydrogens is 250 g/mol. The number of aromatic amines is 1. The van der Waals surface area contributed by atoms with Gasteiger partial charge in [-0.15, -0.1) is 0 Å². The number of amides is 1. The minimum Gasteiger partial charge on any atom is -0.324 e. The van der Waals surface area contributed by atoms with E-state index in [4.69, 9.17) is 0 Å². The summed E-state index contributed by atoms with van der Waals surface area (Å²) in [5.41, 5.74) is 1.83. The Kier molecular flexibility index (Phi) is 2.77. The second-order valence-electron chi connectivity index (χ2n) is 3.85. The standard InChI is InChI=1S/C11H11N5OS/c1-12-9-7-3-2-6(4-8(7)15-10(9)17)18-11-13-5-14-16-11/h2-5,9,12H,1H3,(H,15,17)(H,13,14,16). The van der Waals surface area contributed by atoms with Crippen LogP contribution in [0.4, 0.5) is 5.69 Å². The van der Waals surface area contributed by atoms with Crippen molar-refractivity contribution in [3.05, 3.63) is 30.1 Å². The molecule has 2 heterocycles. The van der Waals surface area contributed by atoms with Crippen molar-refractivity contribution in [1.82, 2.24) is 20.5 Å². The van der Waals surface area contributed by atoms with Crippen molar-refractivity contribution in [2.75, 3.05) is 12.4 Å². The summed E-state index contributed by atoms with van der Waals surface area (Å²) in [6, 6.07) is 5.60. The van der Waals surface area contributed by atoms with Crippen LogP contribution < -0.4 is 10.6 Å². The monoisotopic (exact) mass is 261 g/mol. The Hall–Kier alpha value is -1.86. The van der Waals surface area contributed by atoms with Crippen molar-refractivity contribution >= 4 is 23.4 Å². The van der Waals surface area contributed by atoms with Crippen LogP contribution in [0.5, 0.6) is 0 Å². The summed E-state index contributed by atoms with van der Waals surface area (Å²) in [6.45, 7) is 0. The highest BCUT2D eigenvalue weighted by atomic mass is 32.2. The number of rotatable bonds is 3. The van der Waals surface area contributed by atoms with Crippen molar-refractivity contribution in [3.8, 4) is 0 Å². The van der Waals surface area contributed by atoms with Crippen LogP contribution in [0.15, 0.2) is 34.6 Å². The van der Waals surface area contributed by atoms with Crippen molar-refractivity contribution in [2.45, 2.75) is 16.1 Å². The van der Waals surface area contributed by atoms with E-state index in [1.807, 2.05) is 18.2 Å². The Bertz CT molecular complexity index is 583. The molecule has 6 nitrogen and oxygen atoms in total. The number of likely N-dealkylation sites (N-methyl/N-ethyl adjacent to an activating group) is 1. The van der Waals surface area contributed by atoms with E-state index in [2.05, 4.69) is 25.8 Å². The average molecular weight is 261 g/mol. The molecule has 0 saturated heterocycles. The lowest BCUT2D eigenvalue weighted by atomic mass is 10.1. The van der Waals surface area contributed by atoms with Crippen LogP contribution in [-0.4, -0.2) is 28.1 Å². The molecule has 1 amide bonds. The Morgan fingerprint density at radius 3 is 3.06 bits per heavy atom. The second-order valence-corrected chi connectivity index (χ2v) is 4.91. The summed E-state index contributed by atoms with van der Waals surface area (Å²) >= 11 is 1.47. The van der Waals surface area contributed by atoms with Crippen molar-refractivity contribution < 1.29 is 4.79 Å². The summed E-state index contributed by atoms with van der Waals surface area (Å²) in [4.78, 5) is 16.7. The first kappa shape index (κ1) is 11.2. The van der Waals surface area contributed by atoms with Crippen molar-refractivity contribution in [1.29, 1.82) is 0 Å². The van der Waals surface area contributed by atoms with Crippen LogP contribution in [0.2, 0.25) is 0 Å². The molecule has 7 heteroatoms. The van der Waals surface area contributed by atoms with Crippen LogP contribution in [0, 0.1) is 0 Å². The lowest BCUT2D eigenvalue weighted by Crippen LogP contribution is -2.23. The molecular formula is C11H11N5OS. The van der Waals surface area contributed by atoms with Crippen molar-refractivity contribution in [3.63, 3.8) is 0 Å². The Balaban J connectivity index is 1.89. The number of hydrogen-bond donors (Lipinski definition) is 3. The predicted molar refractivity (Wildman–Crippen MR) is 67.4 cm³/mol. The molecule has 1 aromatic heterocycles. The third kappa shape index (κ3) is 1.87. The fraction of sp³-hybridized carbons (Fsp3) is 0.182. The van der Waals surface area contributed by atoms with Crippen LogP contribution in [-0.2, 0) is 4.79 Å². The van der Waals surface area contributed by atoms with E-state index in [1.165, 1.54) is 18.1 Å². The maximum Gasteiger partial charge on any atom is 0.246 e. The Labute approximate surface area is 108 Å². The third-order valence-electron chi connectivity index (χ3n) is 2.75. The minimum absolute atomic E-state index is 0.0192. The average Bonchev–Trinajstić information content (AvgIpc) is 2.95. The van der Waals surface area contributed by atoms with Gasteiger partial charge in [0.1, 0.15) is 12.4 Å². The lowest BCUT2D eigenvalue weighted by molar-refractivity contribution is -0.117. The van der Waals surface area contributed by atoms with E-state index in [9.17, 15) is 4.79 Å². The van der Waals surface area contributed by atoms with Gasteiger partial charge >= 0.3 is 0 Å². The Morgan fingerprint density at radius 2 is 2.33 bits per heavy atom. The zero-order valence-electron chi connectivity index (χ0n) is 9.60. The smallest absolute Gasteiger partial charge is 0.246 e. The molecule has 0 fully saturated rings. The van der Waals surface area contributed by atoms with E-state index in [1.54, 1.807) is 7.05 Å². The first-order valence-electron chi connectivity index (χ1n) is 5.43. The Morgan fingerprint density at radius 1 is 1.44 bits per heavy atom. The van der Waals surface area contributed by atoms with Crippen LogP contribution in [0.1, 0.15) is 11.6 Å². The summed E-state index contributed by atoms with van der Waals surface area (Å²) in [5, 5.41) is 13.1. The van der Waals surface area contributed by atoms with Gasteiger partial charge in [0.25, 0.3) is 0 Å². The highest BCUT2D eigenvalue weighted by Crippen LogP contribution is 2.35. The van der Waals surface area contributed by atoms with E-state index in [0.717, 1.165) is 21.3 Å². The van der Waals surface area contributed by atoms with Gasteiger partial charge in [-0.1, -0.05) is 17.8 Å². The highest BCUT2D eigenvalue weighted by molar-refractivity contribution is 7.99. The number of hydrogen-bond acceptors (Lipinski definition) is 5. The minimum atomic E-state index is -0.260. The quantitative estimate of drug-likeness (QED) is 0.772. The summed E-state index contributed by atoms with van der Waals surface area (Å²) in [6.07, 6.45) is 1.47. The number of anilines is 1. The molecule has 1 aliphatic heterocycles. The number of nitrogens with one attached hydrogen (secondary N) is 3. The number of H-pyrrole nitrogens is 1. The number of benzene rings is 1. The van der Waals surface area contributed by atoms with Crippen molar-refractivity contribution in [2.24, 2.45) is 0 Å². The van der Waals surface area contributed by atoms with Gasteiger partial charge < -0.3 is 10.6 Å². The molecule has 92 valence electrons. The second kappa shape index (κ2) is 4.43. The molecule has 3 N–H and O–H groups in total. The summed E-state index contributed by atoms with van der Waals surface area (Å²) in [7, 11) is 1.77. The van der Waals surface area contributed by atoms with Gasteiger partial charge in [0.2, 0.25) is 5.91 Å². The molecule has 0 radical (unpaired) electrons. The largest absolute Gasteiger partial charge is 0.324 e. The van der Waals surface area contributed by atoms with Gasteiger partial charge in [0.15, 0.2) is 5.16 Å². The van der Waals surface area contributed by atoms with Crippen LogP contribution in [0.3, 0.4) is 0 Å². The summed E-state index contributed by atoms with van der Waals surface area (Å²) < 4.78 is 0. The molecule has 0 aliphatic carbocycles. The third-order valence-corrected chi connectivity index (χ3v) is 3.63. The molecule has 1 aliphatic rings. The molecule has 3 rings (SSSR count). The number of aromatic nitrogens is 3. The van der Waals surface area contributed by atoms with E-state index in [0.29, 0.717) is 0 Å². The number of nitrogens with zero attached hydrogens (tertiary/aromatic N) is 2. The normalized spacial score (nSPS) is 17.6. The summed E-state index contributed by atoms with van der Waals surface area (Å²) in [5.74, 6) is -0.0192. The predicted octanol–water partition coefficient (Wildman–Crippen LogP) is 1.17. The first-order valence-corrected chi connectivity index (χ1v) is 6.25. The number of fused-ring (bicyclic) bond motifs is 1. The topological polar surface area (TPSA) is 82.7 Å². The maximum absolute atomic E-state index is 11.7. The van der Waals surface area contributed by atoms with E-state index in [-0.39, 0.29) is 11.9 Å². The maximum atomic E-state index is 11.7. The SMILES string of the molecule is CNC1C(=O)Nc2cc(Sc3ncn[nH]3)ccc21. The molecule has 1 atom stereocenters. The van der Waals surface area contributed by atoms with E-state index < -0.39 is 0 Å². The lowest BCUT2D eigenvalue weighted by Gasteiger charge is -2.06. The van der Waals surface area contributed by atoms with Gasteiger partial charge in [-0.25, -0.2) is 4.98 Å². The molecule has 2 aromatic rings. The van der Waals surface area contributed by atoms with Crippen LogP contribution >= 0.6 is 11.8 Å². The van der Waals surface area contributed by atoms with Gasteiger partial charge in [-0.3, -0.25) is 9.89 Å². The number of carbonyl (C=O) groups excluding carboxylic acids is 1. The molecule has 1 aromatic carbocycles. The molecule has 0 spiro atoms. The molecule has 0 saturated carbocycles. The van der Waals surface area contributed by atoms with Gasteiger partial charge in [0.05, 0.1) is 0 Å². The fourth-order valence-corrected chi connectivity index (χ4v) is 2.68.